The largest absolute Gasteiger partial charge is 0.337 e. The lowest BCUT2D eigenvalue weighted by Gasteiger charge is -2.25. The molecule has 2 aromatic rings. The van der Waals surface area contributed by atoms with Gasteiger partial charge in [-0.15, -0.1) is 0 Å². The first-order valence-corrected chi connectivity index (χ1v) is 8.86. The number of hydrogen-bond donors (Lipinski definition) is 1. The zero-order valence-corrected chi connectivity index (χ0v) is 14.6. The fourth-order valence-electron chi connectivity index (χ4n) is 3.52. The number of aromatic nitrogens is 2. The quantitative estimate of drug-likeness (QED) is 0.873. The van der Waals surface area contributed by atoms with E-state index >= 15 is 0 Å². The van der Waals surface area contributed by atoms with E-state index in [2.05, 4.69) is 10.3 Å². The van der Waals surface area contributed by atoms with Crippen LogP contribution in [0.15, 0.2) is 43.0 Å². The summed E-state index contributed by atoms with van der Waals surface area (Å²) in [6, 6.07) is 6.74. The maximum Gasteiger partial charge on any atom is 0.317 e. The molecule has 0 saturated heterocycles. The molecule has 0 aliphatic heterocycles. The third-order valence-corrected chi connectivity index (χ3v) is 4.94. The lowest BCUT2D eigenvalue weighted by atomic mass is 9.94. The van der Waals surface area contributed by atoms with Crippen molar-refractivity contribution in [3.63, 3.8) is 0 Å². The molecular formula is C19H25FN4O. The van der Waals surface area contributed by atoms with Gasteiger partial charge < -0.3 is 14.8 Å². The van der Waals surface area contributed by atoms with Crippen LogP contribution in [-0.2, 0) is 6.54 Å². The third-order valence-electron chi connectivity index (χ3n) is 4.94. The number of nitrogens with one attached hydrogen (secondary N) is 1. The molecule has 1 saturated carbocycles. The van der Waals surface area contributed by atoms with E-state index in [0.29, 0.717) is 6.54 Å². The van der Waals surface area contributed by atoms with Crippen molar-refractivity contribution >= 4 is 6.03 Å². The van der Waals surface area contributed by atoms with Crippen LogP contribution < -0.4 is 5.32 Å². The van der Waals surface area contributed by atoms with Gasteiger partial charge in [0.2, 0.25) is 0 Å². The Morgan fingerprint density at radius 1 is 1.36 bits per heavy atom. The monoisotopic (exact) mass is 344 g/mol. The number of rotatable bonds is 6. The highest BCUT2D eigenvalue weighted by Gasteiger charge is 2.30. The highest BCUT2D eigenvalue weighted by Crippen LogP contribution is 2.34. The van der Waals surface area contributed by atoms with Gasteiger partial charge in [-0.25, -0.2) is 14.2 Å². The zero-order valence-electron chi connectivity index (χ0n) is 14.6. The molecule has 0 unspecified atom stereocenters. The summed E-state index contributed by atoms with van der Waals surface area (Å²) in [7, 11) is 1.82. The summed E-state index contributed by atoms with van der Waals surface area (Å²) in [6.07, 6.45) is 9.42. The molecule has 1 aliphatic rings. The Hall–Kier alpha value is -2.37. The van der Waals surface area contributed by atoms with Crippen LogP contribution in [0.1, 0.15) is 37.2 Å². The number of halogens is 1. The minimum absolute atomic E-state index is 0.0374. The summed E-state index contributed by atoms with van der Waals surface area (Å²) in [5, 5.41) is 3.16. The van der Waals surface area contributed by atoms with Crippen molar-refractivity contribution in [3.05, 3.63) is 54.4 Å². The van der Waals surface area contributed by atoms with Crippen LogP contribution >= 0.6 is 0 Å². The van der Waals surface area contributed by atoms with Crippen molar-refractivity contribution in [2.24, 2.45) is 0 Å². The fourth-order valence-corrected chi connectivity index (χ4v) is 3.52. The van der Waals surface area contributed by atoms with Gasteiger partial charge >= 0.3 is 6.03 Å². The molecule has 1 N–H and O–H groups in total. The second-order valence-corrected chi connectivity index (χ2v) is 6.72. The predicted octanol–water partition coefficient (Wildman–Crippen LogP) is 3.39. The Morgan fingerprint density at radius 3 is 2.88 bits per heavy atom. The van der Waals surface area contributed by atoms with Gasteiger partial charge in [0.1, 0.15) is 5.82 Å². The summed E-state index contributed by atoms with van der Waals surface area (Å²) in [5.41, 5.74) is 1.10. The molecule has 0 bridgehead atoms. The first-order valence-electron chi connectivity index (χ1n) is 8.86. The molecule has 1 heterocycles. The topological polar surface area (TPSA) is 50.2 Å². The van der Waals surface area contributed by atoms with Crippen LogP contribution in [0.3, 0.4) is 0 Å². The van der Waals surface area contributed by atoms with Gasteiger partial charge in [-0.3, -0.25) is 0 Å². The van der Waals surface area contributed by atoms with E-state index in [1.54, 1.807) is 17.4 Å². The molecule has 5 nitrogen and oxygen atoms in total. The molecular weight excluding hydrogens is 319 g/mol. The minimum Gasteiger partial charge on any atom is -0.337 e. The lowest BCUT2D eigenvalue weighted by Crippen LogP contribution is -2.44. The normalized spacial score (nSPS) is 19.8. The second kappa shape index (κ2) is 8.14. The molecule has 0 spiro atoms. The minimum atomic E-state index is -0.222. The third kappa shape index (κ3) is 4.59. The number of imidazole rings is 1. The molecule has 2 amide bonds. The molecule has 0 radical (unpaired) electrons. The highest BCUT2D eigenvalue weighted by molar-refractivity contribution is 5.74. The van der Waals surface area contributed by atoms with Crippen LogP contribution in [-0.4, -0.2) is 40.1 Å². The average molecular weight is 344 g/mol. The van der Waals surface area contributed by atoms with Gasteiger partial charge in [0, 0.05) is 44.5 Å². The van der Waals surface area contributed by atoms with E-state index < -0.39 is 0 Å². The van der Waals surface area contributed by atoms with E-state index in [1.165, 1.54) is 12.1 Å². The molecule has 6 heteroatoms. The Kier molecular flexibility index (Phi) is 5.68. The standard InChI is InChI=1S/C19H25FN4O/c1-23(11-3-12-24-13-10-21-14-24)19(25)22-18-5-2-4-17(18)15-6-8-16(20)9-7-15/h6-10,13-14,17-18H,2-5,11-12H2,1H3,(H,22,25)/t17-,18+/m1/s1. The number of benzene rings is 1. The van der Waals surface area contributed by atoms with Gasteiger partial charge in [0.25, 0.3) is 0 Å². The molecule has 3 rings (SSSR count). The molecule has 1 aromatic heterocycles. The van der Waals surface area contributed by atoms with Crippen LogP contribution in [0.2, 0.25) is 0 Å². The van der Waals surface area contributed by atoms with Crippen LogP contribution in [0, 0.1) is 5.82 Å². The van der Waals surface area contributed by atoms with Gasteiger partial charge in [-0.2, -0.15) is 0 Å². The molecule has 134 valence electrons. The van der Waals surface area contributed by atoms with Crippen molar-refractivity contribution in [2.45, 2.75) is 44.2 Å². The summed E-state index contributed by atoms with van der Waals surface area (Å²) >= 11 is 0. The van der Waals surface area contributed by atoms with Gasteiger partial charge in [0.15, 0.2) is 0 Å². The van der Waals surface area contributed by atoms with Crippen molar-refractivity contribution in [1.82, 2.24) is 19.8 Å². The number of hydrogen-bond acceptors (Lipinski definition) is 2. The number of carbonyl (C=O) groups excluding carboxylic acids is 1. The Balaban J connectivity index is 1.49. The first-order chi connectivity index (χ1) is 12.1. The predicted molar refractivity (Wildman–Crippen MR) is 94.8 cm³/mol. The van der Waals surface area contributed by atoms with Crippen LogP contribution in [0.4, 0.5) is 9.18 Å². The summed E-state index contributed by atoms with van der Waals surface area (Å²) in [6.45, 7) is 1.54. The average Bonchev–Trinajstić information content (AvgIpc) is 3.27. The van der Waals surface area contributed by atoms with Crippen LogP contribution in [0.5, 0.6) is 0 Å². The zero-order chi connectivity index (χ0) is 17.6. The number of amides is 2. The smallest absolute Gasteiger partial charge is 0.317 e. The Bertz CT molecular complexity index is 671. The number of urea groups is 1. The Labute approximate surface area is 147 Å². The second-order valence-electron chi connectivity index (χ2n) is 6.72. The van der Waals surface area contributed by atoms with E-state index in [9.17, 15) is 9.18 Å². The maximum atomic E-state index is 13.1. The van der Waals surface area contributed by atoms with Gasteiger partial charge in [-0.05, 0) is 37.0 Å². The van der Waals surface area contributed by atoms with E-state index in [0.717, 1.165) is 37.8 Å². The first kappa shape index (κ1) is 17.5. The van der Waals surface area contributed by atoms with Crippen molar-refractivity contribution in [3.8, 4) is 0 Å². The number of aryl methyl sites for hydroxylation is 1. The molecule has 25 heavy (non-hydrogen) atoms. The van der Waals surface area contributed by atoms with E-state index in [4.69, 9.17) is 0 Å². The van der Waals surface area contributed by atoms with Crippen molar-refractivity contribution in [1.29, 1.82) is 0 Å². The number of carbonyl (C=O) groups is 1. The lowest BCUT2D eigenvalue weighted by molar-refractivity contribution is 0.202. The van der Waals surface area contributed by atoms with E-state index in [-0.39, 0.29) is 23.8 Å². The highest BCUT2D eigenvalue weighted by atomic mass is 19.1. The summed E-state index contributed by atoms with van der Waals surface area (Å²) in [5.74, 6) is 0.0452. The van der Waals surface area contributed by atoms with E-state index in [1.807, 2.05) is 29.9 Å². The Morgan fingerprint density at radius 2 is 2.16 bits per heavy atom. The fraction of sp³-hybridized carbons (Fsp3) is 0.474. The maximum absolute atomic E-state index is 13.1. The molecule has 1 fully saturated rings. The summed E-state index contributed by atoms with van der Waals surface area (Å²) in [4.78, 5) is 18.2. The molecule has 1 aromatic carbocycles. The van der Waals surface area contributed by atoms with Crippen molar-refractivity contribution < 1.29 is 9.18 Å². The van der Waals surface area contributed by atoms with Crippen molar-refractivity contribution in [2.75, 3.05) is 13.6 Å². The summed E-state index contributed by atoms with van der Waals surface area (Å²) < 4.78 is 15.1. The molecule has 1 aliphatic carbocycles. The van der Waals surface area contributed by atoms with Crippen LogP contribution in [0.25, 0.3) is 0 Å². The van der Waals surface area contributed by atoms with Gasteiger partial charge in [-0.1, -0.05) is 18.6 Å². The molecule has 2 atom stereocenters. The van der Waals surface area contributed by atoms with Gasteiger partial charge in [0.05, 0.1) is 6.33 Å². The number of nitrogens with zero attached hydrogens (tertiary/aromatic N) is 3. The SMILES string of the molecule is CN(CCCn1ccnc1)C(=O)N[C@H]1CCC[C@@H]1c1ccc(F)cc1.